The van der Waals surface area contributed by atoms with Gasteiger partial charge in [-0.25, -0.2) is 4.68 Å². The predicted octanol–water partition coefficient (Wildman–Crippen LogP) is 1.24. The Hall–Kier alpha value is -3.00. The van der Waals surface area contributed by atoms with Crippen LogP contribution in [0.25, 0.3) is 5.69 Å². The van der Waals surface area contributed by atoms with E-state index in [9.17, 15) is 9.90 Å². The van der Waals surface area contributed by atoms with Crippen molar-refractivity contribution in [3.63, 3.8) is 0 Å². The van der Waals surface area contributed by atoms with Crippen molar-refractivity contribution in [3.05, 3.63) is 59.7 Å². The summed E-state index contributed by atoms with van der Waals surface area (Å²) in [7, 11) is 0. The Kier molecular flexibility index (Phi) is 4.26. The fourth-order valence-electron chi connectivity index (χ4n) is 3.22. The van der Waals surface area contributed by atoms with Crippen LogP contribution in [0.3, 0.4) is 0 Å². The molecule has 8 nitrogen and oxygen atoms in total. The lowest BCUT2D eigenvalue weighted by molar-refractivity contribution is 0.0759. The lowest BCUT2D eigenvalue weighted by Crippen LogP contribution is -2.29. The van der Waals surface area contributed by atoms with Gasteiger partial charge in [-0.1, -0.05) is 28.6 Å². The molecule has 1 saturated heterocycles. The summed E-state index contributed by atoms with van der Waals surface area (Å²) in [5.74, 6) is 0.397. The van der Waals surface area contributed by atoms with Gasteiger partial charge in [0.05, 0.1) is 23.7 Å². The molecule has 3 heterocycles. The number of rotatable bonds is 4. The van der Waals surface area contributed by atoms with Crippen molar-refractivity contribution in [2.75, 3.05) is 13.1 Å². The second-order valence-corrected chi connectivity index (χ2v) is 6.56. The maximum absolute atomic E-state index is 12.7. The van der Waals surface area contributed by atoms with E-state index in [-0.39, 0.29) is 24.1 Å². The molecule has 1 amide bonds. The second-order valence-electron chi connectivity index (χ2n) is 6.56. The Labute approximate surface area is 150 Å². The molecule has 0 spiro atoms. The molecule has 0 aliphatic carbocycles. The number of carbonyl (C=O) groups is 1. The minimum Gasteiger partial charge on any atom is -0.391 e. The summed E-state index contributed by atoms with van der Waals surface area (Å²) in [6.07, 6.45) is 1.55. The minimum atomic E-state index is -0.603. The van der Waals surface area contributed by atoms with Crippen LogP contribution in [0.4, 0.5) is 0 Å². The maximum Gasteiger partial charge on any atom is 0.276 e. The average Bonchev–Trinajstić information content (AvgIpc) is 3.37. The number of benzene rings is 1. The number of amides is 1. The summed E-state index contributed by atoms with van der Waals surface area (Å²) in [6.45, 7) is 2.57. The van der Waals surface area contributed by atoms with Crippen LogP contribution in [0.5, 0.6) is 0 Å². The molecular weight excluding hydrogens is 334 g/mol. The summed E-state index contributed by atoms with van der Waals surface area (Å²) < 4.78 is 6.78. The molecule has 0 bridgehead atoms. The normalized spacial score (nSPS) is 19.8. The second kappa shape index (κ2) is 6.72. The summed E-state index contributed by atoms with van der Waals surface area (Å²) in [5, 5.41) is 22.2. The van der Waals surface area contributed by atoms with Crippen LogP contribution in [0.15, 0.2) is 47.1 Å². The van der Waals surface area contributed by atoms with E-state index in [0.29, 0.717) is 13.0 Å². The van der Waals surface area contributed by atoms with Crippen LogP contribution in [0, 0.1) is 12.8 Å². The first-order chi connectivity index (χ1) is 12.6. The van der Waals surface area contributed by atoms with Gasteiger partial charge in [0.1, 0.15) is 5.76 Å². The molecule has 1 aliphatic heterocycles. The number of aromatic nitrogens is 4. The summed E-state index contributed by atoms with van der Waals surface area (Å²) in [5.41, 5.74) is 1.90. The summed E-state index contributed by atoms with van der Waals surface area (Å²) in [4.78, 5) is 14.3. The number of para-hydroxylation sites is 1. The van der Waals surface area contributed by atoms with Gasteiger partial charge in [-0.3, -0.25) is 4.79 Å². The molecule has 1 aromatic carbocycles. The molecule has 1 aliphatic rings. The highest BCUT2D eigenvalue weighted by Crippen LogP contribution is 2.23. The molecule has 26 heavy (non-hydrogen) atoms. The number of nitrogens with zero attached hydrogens (tertiary/aromatic N) is 5. The van der Waals surface area contributed by atoms with Crippen LogP contribution in [-0.2, 0) is 6.42 Å². The van der Waals surface area contributed by atoms with Crippen molar-refractivity contribution in [3.8, 4) is 5.69 Å². The maximum atomic E-state index is 12.7. The number of aliphatic hydroxyl groups excluding tert-OH is 1. The minimum absolute atomic E-state index is 0.0875. The predicted molar refractivity (Wildman–Crippen MR) is 91.7 cm³/mol. The van der Waals surface area contributed by atoms with Gasteiger partial charge in [-0.15, -0.1) is 5.10 Å². The van der Waals surface area contributed by atoms with Crippen molar-refractivity contribution in [2.45, 2.75) is 19.4 Å². The molecule has 2 aromatic heterocycles. The fourth-order valence-corrected chi connectivity index (χ4v) is 3.22. The zero-order valence-electron chi connectivity index (χ0n) is 14.3. The molecule has 134 valence electrons. The van der Waals surface area contributed by atoms with Crippen molar-refractivity contribution < 1.29 is 14.4 Å². The van der Waals surface area contributed by atoms with Gasteiger partial charge in [0.25, 0.3) is 5.91 Å². The Morgan fingerprint density at radius 3 is 2.85 bits per heavy atom. The van der Waals surface area contributed by atoms with Gasteiger partial charge < -0.3 is 14.5 Å². The first kappa shape index (κ1) is 16.5. The van der Waals surface area contributed by atoms with E-state index in [2.05, 4.69) is 15.5 Å². The van der Waals surface area contributed by atoms with E-state index < -0.39 is 6.10 Å². The first-order valence-corrected chi connectivity index (χ1v) is 8.47. The molecule has 8 heteroatoms. The zero-order valence-corrected chi connectivity index (χ0v) is 14.3. The number of aryl methyl sites for hydroxylation is 1. The van der Waals surface area contributed by atoms with Gasteiger partial charge in [-0.05, 0) is 19.1 Å². The summed E-state index contributed by atoms with van der Waals surface area (Å²) >= 11 is 0. The third-order valence-electron chi connectivity index (χ3n) is 4.57. The van der Waals surface area contributed by atoms with Crippen molar-refractivity contribution in [2.24, 2.45) is 5.92 Å². The number of carbonyl (C=O) groups excluding carboxylic acids is 1. The van der Waals surface area contributed by atoms with Gasteiger partial charge >= 0.3 is 0 Å². The largest absolute Gasteiger partial charge is 0.391 e. The van der Waals surface area contributed by atoms with Crippen molar-refractivity contribution in [1.82, 2.24) is 25.1 Å². The van der Waals surface area contributed by atoms with E-state index >= 15 is 0 Å². The average molecular weight is 353 g/mol. The Bertz CT molecular complexity index is 904. The SMILES string of the molecule is Cc1cc(C[C@@H]2CN(C(=O)c3cn(-c4ccccc4)nn3)C[C@@H]2O)on1. The van der Waals surface area contributed by atoms with E-state index in [4.69, 9.17) is 4.52 Å². The standard InChI is InChI=1S/C18H19N5O3/c1-12-7-15(26-20-12)8-13-9-22(11-17(13)24)18(25)16-10-23(21-19-16)14-5-3-2-4-6-14/h2-7,10,13,17,24H,8-9,11H2,1H3/t13-,17+/m1/s1. The van der Waals surface area contributed by atoms with Gasteiger partial charge in [0, 0.05) is 31.5 Å². The van der Waals surface area contributed by atoms with Crippen LogP contribution in [-0.4, -0.2) is 55.3 Å². The van der Waals surface area contributed by atoms with E-state index in [1.54, 1.807) is 15.8 Å². The van der Waals surface area contributed by atoms with Gasteiger partial charge in [-0.2, -0.15) is 0 Å². The number of likely N-dealkylation sites (tertiary alicyclic amines) is 1. The van der Waals surface area contributed by atoms with E-state index in [1.807, 2.05) is 43.3 Å². The van der Waals surface area contributed by atoms with Crippen molar-refractivity contribution in [1.29, 1.82) is 0 Å². The van der Waals surface area contributed by atoms with E-state index in [0.717, 1.165) is 17.1 Å². The van der Waals surface area contributed by atoms with Crippen LogP contribution in [0.1, 0.15) is 21.9 Å². The molecule has 0 radical (unpaired) electrons. The molecule has 1 N–H and O–H groups in total. The molecule has 4 rings (SSSR count). The summed E-state index contributed by atoms with van der Waals surface area (Å²) in [6, 6.07) is 11.3. The number of hydrogen-bond acceptors (Lipinski definition) is 6. The highest BCUT2D eigenvalue weighted by atomic mass is 16.5. The van der Waals surface area contributed by atoms with Crippen LogP contribution in [0.2, 0.25) is 0 Å². The Morgan fingerprint density at radius 1 is 1.31 bits per heavy atom. The molecule has 0 unspecified atom stereocenters. The third-order valence-corrected chi connectivity index (χ3v) is 4.57. The molecule has 0 saturated carbocycles. The Balaban J connectivity index is 1.45. The number of β-amino-alcohol motifs (C(OH)–C–C–N with tert-alkyl or cyclic N) is 1. The smallest absolute Gasteiger partial charge is 0.276 e. The lowest BCUT2D eigenvalue weighted by atomic mass is 10.0. The topological polar surface area (TPSA) is 97.3 Å². The fraction of sp³-hybridized carbons (Fsp3) is 0.333. The highest BCUT2D eigenvalue weighted by molar-refractivity contribution is 5.92. The quantitative estimate of drug-likeness (QED) is 0.758. The first-order valence-electron chi connectivity index (χ1n) is 8.47. The number of hydrogen-bond donors (Lipinski definition) is 1. The monoisotopic (exact) mass is 353 g/mol. The lowest BCUT2D eigenvalue weighted by Gasteiger charge is -2.13. The van der Waals surface area contributed by atoms with Crippen molar-refractivity contribution >= 4 is 5.91 Å². The van der Waals surface area contributed by atoms with Gasteiger partial charge in [0.15, 0.2) is 5.69 Å². The molecule has 2 atom stereocenters. The number of aliphatic hydroxyl groups is 1. The van der Waals surface area contributed by atoms with Gasteiger partial charge in [0.2, 0.25) is 0 Å². The molecular formula is C18H19N5O3. The zero-order chi connectivity index (χ0) is 18.1. The van der Waals surface area contributed by atoms with E-state index in [1.165, 1.54) is 0 Å². The van der Waals surface area contributed by atoms with Crippen LogP contribution >= 0.6 is 0 Å². The highest BCUT2D eigenvalue weighted by Gasteiger charge is 2.36. The third kappa shape index (κ3) is 3.23. The Morgan fingerprint density at radius 2 is 2.12 bits per heavy atom. The molecule has 3 aromatic rings. The molecule has 1 fully saturated rings. The van der Waals surface area contributed by atoms with Crippen LogP contribution < -0.4 is 0 Å².